The SMILES string of the molecule is CN(Cc1ccc(Cl)s1)C(=O)C(Cc1ccccc1)NC(=O)c1cccs1. The Morgan fingerprint density at radius 2 is 1.89 bits per heavy atom. The van der Waals surface area contributed by atoms with Crippen LogP contribution in [0.25, 0.3) is 0 Å². The van der Waals surface area contributed by atoms with Gasteiger partial charge in [0, 0.05) is 18.3 Å². The van der Waals surface area contributed by atoms with Crippen LogP contribution in [0.5, 0.6) is 0 Å². The number of halogens is 1. The van der Waals surface area contributed by atoms with E-state index in [9.17, 15) is 9.59 Å². The lowest BCUT2D eigenvalue weighted by Crippen LogP contribution is -2.48. The van der Waals surface area contributed by atoms with E-state index < -0.39 is 6.04 Å². The Kier molecular flexibility index (Phi) is 6.66. The summed E-state index contributed by atoms with van der Waals surface area (Å²) in [6.45, 7) is 0.455. The Labute approximate surface area is 171 Å². The van der Waals surface area contributed by atoms with Crippen LogP contribution in [-0.2, 0) is 17.8 Å². The van der Waals surface area contributed by atoms with Crippen LogP contribution in [0.15, 0.2) is 60.0 Å². The molecule has 0 aliphatic rings. The van der Waals surface area contributed by atoms with E-state index in [2.05, 4.69) is 5.32 Å². The van der Waals surface area contributed by atoms with Crippen LogP contribution < -0.4 is 5.32 Å². The number of carbonyl (C=O) groups is 2. The first kappa shape index (κ1) is 19.6. The Bertz CT molecular complexity index is 894. The van der Waals surface area contributed by atoms with Gasteiger partial charge in [0.05, 0.1) is 15.8 Å². The highest BCUT2D eigenvalue weighted by Gasteiger charge is 2.25. The van der Waals surface area contributed by atoms with E-state index in [-0.39, 0.29) is 11.8 Å². The fraction of sp³-hybridized carbons (Fsp3) is 0.200. The van der Waals surface area contributed by atoms with Gasteiger partial charge in [-0.15, -0.1) is 22.7 Å². The predicted molar refractivity (Wildman–Crippen MR) is 112 cm³/mol. The summed E-state index contributed by atoms with van der Waals surface area (Å²) in [5, 5.41) is 4.74. The lowest BCUT2D eigenvalue weighted by atomic mass is 10.0. The highest BCUT2D eigenvalue weighted by Crippen LogP contribution is 2.22. The van der Waals surface area contributed by atoms with Gasteiger partial charge >= 0.3 is 0 Å². The molecule has 1 atom stereocenters. The van der Waals surface area contributed by atoms with E-state index >= 15 is 0 Å². The smallest absolute Gasteiger partial charge is 0.262 e. The third kappa shape index (κ3) is 5.42. The van der Waals surface area contributed by atoms with Crippen LogP contribution in [0.3, 0.4) is 0 Å². The van der Waals surface area contributed by atoms with E-state index in [0.717, 1.165) is 10.4 Å². The first-order valence-corrected chi connectivity index (χ1v) is 10.5. The maximum absolute atomic E-state index is 13.1. The van der Waals surface area contributed by atoms with Crippen molar-refractivity contribution >= 4 is 46.1 Å². The van der Waals surface area contributed by atoms with Gasteiger partial charge in [-0.05, 0) is 29.1 Å². The van der Waals surface area contributed by atoms with E-state index in [0.29, 0.717) is 22.2 Å². The van der Waals surface area contributed by atoms with Gasteiger partial charge in [-0.2, -0.15) is 0 Å². The number of hydrogen-bond donors (Lipinski definition) is 1. The Hall–Kier alpha value is -2.15. The molecule has 0 saturated heterocycles. The topological polar surface area (TPSA) is 49.4 Å². The molecule has 0 saturated carbocycles. The highest BCUT2D eigenvalue weighted by atomic mass is 35.5. The number of thiophene rings is 2. The molecule has 2 heterocycles. The quantitative estimate of drug-likeness (QED) is 0.615. The molecule has 1 N–H and O–H groups in total. The fourth-order valence-electron chi connectivity index (χ4n) is 2.70. The maximum atomic E-state index is 13.1. The van der Waals surface area contributed by atoms with Gasteiger partial charge in [0.1, 0.15) is 6.04 Å². The molecule has 0 aliphatic carbocycles. The summed E-state index contributed by atoms with van der Waals surface area (Å²) in [5.74, 6) is -0.361. The van der Waals surface area contributed by atoms with Gasteiger partial charge in [0.2, 0.25) is 5.91 Å². The van der Waals surface area contributed by atoms with Crippen molar-refractivity contribution in [2.24, 2.45) is 0 Å². The molecule has 1 unspecified atom stereocenters. The van der Waals surface area contributed by atoms with Crippen molar-refractivity contribution < 1.29 is 9.59 Å². The summed E-state index contributed by atoms with van der Waals surface area (Å²) in [5.41, 5.74) is 0.995. The molecule has 0 bridgehead atoms. The molecule has 2 aromatic heterocycles. The molecule has 27 heavy (non-hydrogen) atoms. The monoisotopic (exact) mass is 418 g/mol. The van der Waals surface area contributed by atoms with Crippen LogP contribution in [0, 0.1) is 0 Å². The molecule has 3 aromatic rings. The van der Waals surface area contributed by atoms with Crippen molar-refractivity contribution in [1.29, 1.82) is 0 Å². The molecule has 7 heteroatoms. The Balaban J connectivity index is 1.74. The van der Waals surface area contributed by atoms with Gasteiger partial charge in [0.15, 0.2) is 0 Å². The second kappa shape index (κ2) is 9.17. The summed E-state index contributed by atoms with van der Waals surface area (Å²) in [6.07, 6.45) is 0.437. The summed E-state index contributed by atoms with van der Waals surface area (Å²) in [7, 11) is 1.74. The second-order valence-electron chi connectivity index (χ2n) is 6.09. The first-order valence-electron chi connectivity index (χ1n) is 8.40. The van der Waals surface area contributed by atoms with Gasteiger partial charge in [-0.3, -0.25) is 9.59 Å². The third-order valence-corrected chi connectivity index (χ3v) is 6.11. The zero-order chi connectivity index (χ0) is 19.2. The minimum atomic E-state index is -0.637. The number of nitrogens with one attached hydrogen (secondary N) is 1. The van der Waals surface area contributed by atoms with Gasteiger partial charge in [0.25, 0.3) is 5.91 Å². The van der Waals surface area contributed by atoms with Crippen molar-refractivity contribution in [1.82, 2.24) is 10.2 Å². The number of carbonyl (C=O) groups excluding carboxylic acids is 2. The van der Waals surface area contributed by atoms with E-state index in [1.54, 1.807) is 18.0 Å². The van der Waals surface area contributed by atoms with Crippen molar-refractivity contribution in [3.8, 4) is 0 Å². The van der Waals surface area contributed by atoms with Crippen LogP contribution in [0.2, 0.25) is 4.34 Å². The molecule has 140 valence electrons. The summed E-state index contributed by atoms with van der Waals surface area (Å²) < 4.78 is 0.692. The normalized spacial score (nSPS) is 11.8. The van der Waals surface area contributed by atoms with E-state index in [4.69, 9.17) is 11.6 Å². The summed E-state index contributed by atoms with van der Waals surface area (Å²) in [6, 6.07) is 16.4. The minimum Gasteiger partial charge on any atom is -0.339 e. The highest BCUT2D eigenvalue weighted by molar-refractivity contribution is 7.16. The van der Waals surface area contributed by atoms with Crippen molar-refractivity contribution in [3.05, 3.63) is 79.6 Å². The number of likely N-dealkylation sites (N-methyl/N-ethyl adjacent to an activating group) is 1. The van der Waals surface area contributed by atoms with Crippen molar-refractivity contribution in [2.75, 3.05) is 7.05 Å². The largest absolute Gasteiger partial charge is 0.339 e. The van der Waals surface area contributed by atoms with E-state index in [1.165, 1.54) is 22.7 Å². The predicted octanol–water partition coefficient (Wildman–Crippen LogP) is 4.46. The molecule has 0 fully saturated rings. The Morgan fingerprint density at radius 3 is 2.52 bits per heavy atom. The van der Waals surface area contributed by atoms with E-state index in [1.807, 2.05) is 53.9 Å². The zero-order valence-corrected chi connectivity index (χ0v) is 17.1. The second-order valence-corrected chi connectivity index (χ2v) is 8.84. The van der Waals surface area contributed by atoms with Gasteiger partial charge in [-0.1, -0.05) is 48.0 Å². The summed E-state index contributed by atoms with van der Waals surface area (Å²) in [4.78, 5) is 28.8. The van der Waals surface area contributed by atoms with Gasteiger partial charge < -0.3 is 10.2 Å². The first-order chi connectivity index (χ1) is 13.0. The maximum Gasteiger partial charge on any atom is 0.262 e. The molecule has 0 spiro atoms. The van der Waals surface area contributed by atoms with Gasteiger partial charge in [-0.25, -0.2) is 0 Å². The fourth-order valence-corrected chi connectivity index (χ4v) is 4.47. The molecule has 3 rings (SSSR count). The molecule has 0 radical (unpaired) electrons. The number of benzene rings is 1. The lowest BCUT2D eigenvalue weighted by Gasteiger charge is -2.24. The van der Waals surface area contributed by atoms with Crippen LogP contribution in [0.1, 0.15) is 20.1 Å². The average Bonchev–Trinajstić information content (AvgIpc) is 3.33. The molecule has 4 nitrogen and oxygen atoms in total. The lowest BCUT2D eigenvalue weighted by molar-refractivity contribution is -0.132. The molecular formula is C20H19ClN2O2S2. The standard InChI is InChI=1S/C20H19ClN2O2S2/c1-23(13-15-9-10-18(21)27-15)20(25)16(12-14-6-3-2-4-7-14)22-19(24)17-8-5-11-26-17/h2-11,16H,12-13H2,1H3,(H,22,24). The molecule has 0 aliphatic heterocycles. The minimum absolute atomic E-state index is 0.131. The average molecular weight is 419 g/mol. The third-order valence-electron chi connectivity index (χ3n) is 4.03. The number of nitrogens with zero attached hydrogens (tertiary/aromatic N) is 1. The van der Waals surface area contributed by atoms with Crippen molar-refractivity contribution in [2.45, 2.75) is 19.0 Å². The summed E-state index contributed by atoms with van der Waals surface area (Å²) >= 11 is 8.78. The molecular weight excluding hydrogens is 400 g/mol. The van der Waals surface area contributed by atoms with Crippen LogP contribution in [0.4, 0.5) is 0 Å². The Morgan fingerprint density at radius 1 is 1.11 bits per heavy atom. The molecule has 1 aromatic carbocycles. The van der Waals surface area contributed by atoms with Crippen LogP contribution >= 0.6 is 34.3 Å². The zero-order valence-electron chi connectivity index (χ0n) is 14.7. The number of amides is 2. The number of rotatable bonds is 7. The number of hydrogen-bond acceptors (Lipinski definition) is 4. The molecule has 2 amide bonds. The van der Waals surface area contributed by atoms with Crippen molar-refractivity contribution in [3.63, 3.8) is 0 Å². The van der Waals surface area contributed by atoms with Crippen LogP contribution in [-0.4, -0.2) is 29.8 Å².